The van der Waals surface area contributed by atoms with E-state index in [-0.39, 0.29) is 0 Å². The van der Waals surface area contributed by atoms with Crippen LogP contribution in [0.1, 0.15) is 20.3 Å². The van der Waals surface area contributed by atoms with Gasteiger partial charge in [0.05, 0.1) is 11.4 Å². The Morgan fingerprint density at radius 1 is 1.00 bits per heavy atom. The quantitative estimate of drug-likeness (QED) is 0.729. The maximum atomic E-state index is 6.10. The van der Waals surface area contributed by atoms with Crippen molar-refractivity contribution in [2.24, 2.45) is 5.92 Å². The number of nitrogens with one attached hydrogen (secondary N) is 2. The molecule has 0 heterocycles. The van der Waals surface area contributed by atoms with E-state index in [2.05, 4.69) is 24.5 Å². The van der Waals surface area contributed by atoms with Crippen molar-refractivity contribution in [3.05, 3.63) is 53.6 Å². The highest BCUT2D eigenvalue weighted by Gasteiger charge is 2.04. The average Bonchev–Trinajstić information content (AvgIpc) is 2.42. The van der Waals surface area contributed by atoms with Crippen molar-refractivity contribution in [3.63, 3.8) is 0 Å². The second kappa shape index (κ2) is 7.20. The molecule has 0 aliphatic rings. The minimum absolute atomic E-state index is 0.695. The highest BCUT2D eigenvalue weighted by molar-refractivity contribution is 6.31. The third-order valence-electron chi connectivity index (χ3n) is 3.07. The van der Waals surface area contributed by atoms with Gasteiger partial charge in [-0.2, -0.15) is 0 Å². The van der Waals surface area contributed by atoms with Crippen molar-refractivity contribution in [3.8, 4) is 0 Å². The lowest BCUT2D eigenvalue weighted by Gasteiger charge is -2.15. The van der Waals surface area contributed by atoms with E-state index in [1.54, 1.807) is 0 Å². The molecule has 0 amide bonds. The predicted octanol–water partition coefficient (Wildman–Crippen LogP) is 5.54. The summed E-state index contributed by atoms with van der Waals surface area (Å²) in [5.74, 6) is 0.695. The van der Waals surface area contributed by atoms with Gasteiger partial charge in [0.15, 0.2) is 0 Å². The van der Waals surface area contributed by atoms with Gasteiger partial charge in [-0.25, -0.2) is 0 Å². The van der Waals surface area contributed by atoms with Gasteiger partial charge in [-0.05, 0) is 42.7 Å². The fourth-order valence-electron chi connectivity index (χ4n) is 1.95. The Kier molecular flexibility index (Phi) is 5.31. The first-order valence-electron chi connectivity index (χ1n) is 7.00. The molecule has 0 spiro atoms. The largest absolute Gasteiger partial charge is 0.383 e. The molecule has 2 aromatic rings. The van der Waals surface area contributed by atoms with Crippen LogP contribution < -0.4 is 10.6 Å². The average molecular weight is 289 g/mol. The lowest BCUT2D eigenvalue weighted by Crippen LogP contribution is -2.06. The Morgan fingerprint density at radius 2 is 1.75 bits per heavy atom. The molecular weight excluding hydrogens is 268 g/mol. The summed E-state index contributed by atoms with van der Waals surface area (Å²) in [6, 6.07) is 16.0. The van der Waals surface area contributed by atoms with Crippen LogP contribution in [0.15, 0.2) is 48.5 Å². The van der Waals surface area contributed by atoms with E-state index in [1.807, 2.05) is 48.5 Å². The highest BCUT2D eigenvalue weighted by Crippen LogP contribution is 2.28. The van der Waals surface area contributed by atoms with Crippen molar-refractivity contribution in [1.82, 2.24) is 0 Å². The Morgan fingerprint density at radius 3 is 2.45 bits per heavy atom. The summed E-state index contributed by atoms with van der Waals surface area (Å²) in [6.45, 7) is 5.42. The molecule has 2 aromatic carbocycles. The summed E-state index contributed by atoms with van der Waals surface area (Å²) in [6.07, 6.45) is 1.15. The molecule has 0 unspecified atom stereocenters. The number of benzene rings is 2. The summed E-state index contributed by atoms with van der Waals surface area (Å²) < 4.78 is 0. The van der Waals surface area contributed by atoms with Crippen molar-refractivity contribution in [2.45, 2.75) is 20.3 Å². The summed E-state index contributed by atoms with van der Waals surface area (Å²) in [7, 11) is 0. The molecule has 0 saturated carbocycles. The third-order valence-corrected chi connectivity index (χ3v) is 3.31. The van der Waals surface area contributed by atoms with E-state index in [0.29, 0.717) is 5.92 Å². The number of halogens is 1. The molecule has 2 rings (SSSR count). The van der Waals surface area contributed by atoms with Gasteiger partial charge in [-0.3, -0.25) is 0 Å². The van der Waals surface area contributed by atoms with Crippen LogP contribution in [0.2, 0.25) is 5.02 Å². The highest BCUT2D eigenvalue weighted by atomic mass is 35.5. The molecule has 0 fully saturated rings. The van der Waals surface area contributed by atoms with Crippen LogP contribution in [-0.2, 0) is 0 Å². The third kappa shape index (κ3) is 4.46. The molecule has 2 N–H and O–H groups in total. The smallest absolute Gasteiger partial charge is 0.0634 e. The zero-order valence-corrected chi connectivity index (χ0v) is 12.7. The second-order valence-corrected chi connectivity index (χ2v) is 5.73. The Balaban J connectivity index is 2.11. The zero-order chi connectivity index (χ0) is 14.4. The number of anilines is 3. The Hall–Kier alpha value is -1.67. The molecule has 0 aliphatic carbocycles. The lowest BCUT2D eigenvalue weighted by atomic mass is 10.1. The predicted molar refractivity (Wildman–Crippen MR) is 89.1 cm³/mol. The summed E-state index contributed by atoms with van der Waals surface area (Å²) in [5.41, 5.74) is 3.15. The van der Waals surface area contributed by atoms with Gasteiger partial charge in [-0.15, -0.1) is 0 Å². The van der Waals surface area contributed by atoms with Gasteiger partial charge in [0.2, 0.25) is 0 Å². The standard InChI is InChI=1S/C17H21ClN2/c1-13(2)10-11-19-16-9-8-14(18)12-17(16)20-15-6-4-3-5-7-15/h3-9,12-13,19-20H,10-11H2,1-2H3. The molecule has 106 valence electrons. The summed E-state index contributed by atoms with van der Waals surface area (Å²) in [4.78, 5) is 0. The normalized spacial score (nSPS) is 10.6. The molecule has 3 heteroatoms. The van der Waals surface area contributed by atoms with Gasteiger partial charge < -0.3 is 10.6 Å². The molecule has 0 aromatic heterocycles. The fourth-order valence-corrected chi connectivity index (χ4v) is 2.12. The number of hydrogen-bond donors (Lipinski definition) is 2. The van der Waals surface area contributed by atoms with Crippen LogP contribution in [0.25, 0.3) is 0 Å². The van der Waals surface area contributed by atoms with Crippen LogP contribution in [0.4, 0.5) is 17.1 Å². The lowest BCUT2D eigenvalue weighted by molar-refractivity contribution is 0.607. The molecule has 0 aliphatic heterocycles. The minimum atomic E-state index is 0.695. The minimum Gasteiger partial charge on any atom is -0.383 e. The maximum Gasteiger partial charge on any atom is 0.0634 e. The van der Waals surface area contributed by atoms with Gasteiger partial charge >= 0.3 is 0 Å². The molecule has 2 nitrogen and oxygen atoms in total. The topological polar surface area (TPSA) is 24.1 Å². The SMILES string of the molecule is CC(C)CCNc1ccc(Cl)cc1Nc1ccccc1. The number of para-hydroxylation sites is 1. The van der Waals surface area contributed by atoms with Crippen molar-refractivity contribution in [2.75, 3.05) is 17.2 Å². The molecule has 20 heavy (non-hydrogen) atoms. The monoisotopic (exact) mass is 288 g/mol. The van der Waals surface area contributed by atoms with Gasteiger partial charge in [-0.1, -0.05) is 43.6 Å². The summed E-state index contributed by atoms with van der Waals surface area (Å²) in [5, 5.41) is 7.61. The van der Waals surface area contributed by atoms with Gasteiger partial charge in [0, 0.05) is 17.3 Å². The van der Waals surface area contributed by atoms with E-state index in [0.717, 1.165) is 35.1 Å². The van der Waals surface area contributed by atoms with Crippen LogP contribution in [0.3, 0.4) is 0 Å². The van der Waals surface area contributed by atoms with Crippen LogP contribution in [-0.4, -0.2) is 6.54 Å². The van der Waals surface area contributed by atoms with Crippen LogP contribution >= 0.6 is 11.6 Å². The van der Waals surface area contributed by atoms with Crippen molar-refractivity contribution in [1.29, 1.82) is 0 Å². The fraction of sp³-hybridized carbons (Fsp3) is 0.294. The Bertz CT molecular complexity index is 538. The molecule has 0 atom stereocenters. The first-order valence-corrected chi connectivity index (χ1v) is 7.38. The van der Waals surface area contributed by atoms with Crippen molar-refractivity contribution < 1.29 is 0 Å². The van der Waals surface area contributed by atoms with Gasteiger partial charge in [0.1, 0.15) is 0 Å². The molecule has 0 radical (unpaired) electrons. The first-order chi connectivity index (χ1) is 9.65. The van der Waals surface area contributed by atoms with E-state index in [4.69, 9.17) is 11.6 Å². The van der Waals surface area contributed by atoms with E-state index in [1.165, 1.54) is 0 Å². The van der Waals surface area contributed by atoms with Crippen LogP contribution in [0.5, 0.6) is 0 Å². The first kappa shape index (κ1) is 14.7. The van der Waals surface area contributed by atoms with E-state index < -0.39 is 0 Å². The molecule has 0 bridgehead atoms. The summed E-state index contributed by atoms with van der Waals surface area (Å²) >= 11 is 6.10. The number of hydrogen-bond acceptors (Lipinski definition) is 2. The zero-order valence-electron chi connectivity index (χ0n) is 12.0. The van der Waals surface area contributed by atoms with E-state index in [9.17, 15) is 0 Å². The molecule has 0 saturated heterocycles. The molecular formula is C17H21ClN2. The van der Waals surface area contributed by atoms with Crippen molar-refractivity contribution >= 4 is 28.7 Å². The van der Waals surface area contributed by atoms with Crippen LogP contribution in [0, 0.1) is 5.92 Å². The number of rotatable bonds is 6. The maximum absolute atomic E-state index is 6.10. The van der Waals surface area contributed by atoms with E-state index >= 15 is 0 Å². The second-order valence-electron chi connectivity index (χ2n) is 5.29. The Labute approximate surface area is 126 Å². The van der Waals surface area contributed by atoms with Gasteiger partial charge in [0.25, 0.3) is 0 Å².